The van der Waals surface area contributed by atoms with Gasteiger partial charge in [0.25, 0.3) is 5.88 Å². The molecular weight excluding hydrogens is 430 g/mol. The van der Waals surface area contributed by atoms with Crippen molar-refractivity contribution in [2.45, 2.75) is 6.92 Å². The van der Waals surface area contributed by atoms with Crippen LogP contribution in [-0.2, 0) is 4.79 Å². The average Bonchev–Trinajstić information content (AvgIpc) is 2.83. The van der Waals surface area contributed by atoms with Crippen molar-refractivity contribution in [3.8, 4) is 33.9 Å². The Labute approximate surface area is 198 Å². The number of methoxy groups -OCH3 is 2. The van der Waals surface area contributed by atoms with Crippen LogP contribution in [0.3, 0.4) is 0 Å². The lowest BCUT2D eigenvalue weighted by Gasteiger charge is -2.14. The van der Waals surface area contributed by atoms with Gasteiger partial charge in [-0.15, -0.1) is 0 Å². The van der Waals surface area contributed by atoms with E-state index < -0.39 is 0 Å². The van der Waals surface area contributed by atoms with Crippen molar-refractivity contribution >= 4 is 22.5 Å². The van der Waals surface area contributed by atoms with Crippen LogP contribution in [0.1, 0.15) is 5.69 Å². The van der Waals surface area contributed by atoms with Crippen LogP contribution in [0.2, 0.25) is 0 Å². The Bertz CT molecular complexity index is 1340. The zero-order valence-electron chi connectivity index (χ0n) is 19.9. The molecule has 0 aliphatic heterocycles. The highest BCUT2D eigenvalue weighted by Crippen LogP contribution is 2.36. The molecule has 0 unspecified atom stereocenters. The second-order valence-electron chi connectivity index (χ2n) is 8.18. The predicted molar refractivity (Wildman–Crippen MR) is 133 cm³/mol. The fourth-order valence-electron chi connectivity index (χ4n) is 3.79. The number of likely N-dealkylation sites (N-methyl/N-ethyl adjacent to an activating group) is 1. The number of ether oxygens (including phenoxy) is 2. The molecule has 1 N–H and O–H groups in total. The topological polar surface area (TPSA) is 89.5 Å². The molecule has 0 atom stereocenters. The van der Waals surface area contributed by atoms with E-state index in [0.717, 1.165) is 44.5 Å². The SMILES string of the molecule is COc1cc(-c2cc(-c3ccc(NC(=O)CN(C)C)cc3)c3ncnc(C)c3c2)cnc1OC. The average molecular weight is 458 g/mol. The van der Waals surface area contributed by atoms with E-state index in [1.165, 1.54) is 0 Å². The van der Waals surface area contributed by atoms with Crippen molar-refractivity contribution < 1.29 is 14.3 Å². The van der Waals surface area contributed by atoms with Crippen LogP contribution in [0.25, 0.3) is 33.2 Å². The summed E-state index contributed by atoms with van der Waals surface area (Å²) in [4.78, 5) is 27.3. The van der Waals surface area contributed by atoms with Crippen molar-refractivity contribution in [2.24, 2.45) is 0 Å². The van der Waals surface area contributed by atoms with Crippen molar-refractivity contribution in [2.75, 3.05) is 40.2 Å². The van der Waals surface area contributed by atoms with Gasteiger partial charge in [0.2, 0.25) is 5.91 Å². The molecule has 0 saturated heterocycles. The summed E-state index contributed by atoms with van der Waals surface area (Å²) in [6.07, 6.45) is 3.34. The third kappa shape index (κ3) is 4.82. The number of fused-ring (bicyclic) bond motifs is 1. The normalized spacial score (nSPS) is 11.0. The van der Waals surface area contributed by atoms with E-state index in [-0.39, 0.29) is 5.91 Å². The lowest BCUT2D eigenvalue weighted by Crippen LogP contribution is -2.27. The fourth-order valence-corrected chi connectivity index (χ4v) is 3.79. The van der Waals surface area contributed by atoms with Crippen LogP contribution < -0.4 is 14.8 Å². The quantitative estimate of drug-likeness (QED) is 0.445. The first kappa shape index (κ1) is 23.1. The summed E-state index contributed by atoms with van der Waals surface area (Å²) < 4.78 is 10.7. The van der Waals surface area contributed by atoms with Gasteiger partial charge in [0.05, 0.1) is 26.3 Å². The Morgan fingerprint density at radius 3 is 2.38 bits per heavy atom. The molecule has 0 aliphatic rings. The molecular formula is C26H27N5O3. The van der Waals surface area contributed by atoms with Crippen LogP contribution in [0.5, 0.6) is 11.6 Å². The number of benzene rings is 2. The smallest absolute Gasteiger partial charge is 0.256 e. The van der Waals surface area contributed by atoms with Gasteiger partial charge in [0, 0.05) is 34.1 Å². The Morgan fingerprint density at radius 1 is 0.941 bits per heavy atom. The maximum atomic E-state index is 12.1. The maximum absolute atomic E-state index is 12.1. The van der Waals surface area contributed by atoms with E-state index in [2.05, 4.69) is 32.4 Å². The summed E-state index contributed by atoms with van der Waals surface area (Å²) in [7, 11) is 6.87. The number of nitrogens with zero attached hydrogens (tertiary/aromatic N) is 4. The minimum Gasteiger partial charge on any atom is -0.491 e. The first-order valence-corrected chi connectivity index (χ1v) is 10.8. The highest BCUT2D eigenvalue weighted by atomic mass is 16.5. The van der Waals surface area contributed by atoms with E-state index >= 15 is 0 Å². The standard InChI is InChI=1S/C26H27N5O3/c1-16-21-10-18(19-12-23(33-4)26(34-5)27-13-19)11-22(25(21)29-15-28-16)17-6-8-20(9-7-17)30-24(32)14-31(2)3/h6-13,15H,14H2,1-5H3,(H,30,32). The van der Waals surface area contributed by atoms with Gasteiger partial charge < -0.3 is 19.7 Å². The molecule has 34 heavy (non-hydrogen) atoms. The lowest BCUT2D eigenvalue weighted by molar-refractivity contribution is -0.116. The van der Waals surface area contributed by atoms with Crippen LogP contribution in [0.15, 0.2) is 55.0 Å². The molecule has 8 nitrogen and oxygen atoms in total. The summed E-state index contributed by atoms with van der Waals surface area (Å²) >= 11 is 0. The number of aryl methyl sites for hydroxylation is 1. The second kappa shape index (κ2) is 9.84. The van der Waals surface area contributed by atoms with Crippen molar-refractivity contribution in [1.29, 1.82) is 0 Å². The number of pyridine rings is 1. The van der Waals surface area contributed by atoms with Crippen LogP contribution in [-0.4, -0.2) is 60.6 Å². The van der Waals surface area contributed by atoms with E-state index in [4.69, 9.17) is 9.47 Å². The zero-order chi connectivity index (χ0) is 24.2. The Kier molecular flexibility index (Phi) is 6.70. The van der Waals surface area contributed by atoms with Crippen LogP contribution in [0, 0.1) is 6.92 Å². The number of aromatic nitrogens is 3. The number of nitrogens with one attached hydrogen (secondary N) is 1. The number of rotatable bonds is 7. The molecule has 4 rings (SSSR count). The largest absolute Gasteiger partial charge is 0.491 e. The molecule has 0 radical (unpaired) electrons. The van der Waals surface area contributed by atoms with E-state index in [9.17, 15) is 4.79 Å². The number of hydrogen-bond donors (Lipinski definition) is 1. The van der Waals surface area contributed by atoms with Crippen LogP contribution >= 0.6 is 0 Å². The predicted octanol–water partition coefficient (Wildman–Crippen LogP) is 4.18. The van der Waals surface area contributed by atoms with Gasteiger partial charge in [-0.25, -0.2) is 15.0 Å². The van der Waals surface area contributed by atoms with Crippen molar-refractivity contribution in [1.82, 2.24) is 19.9 Å². The van der Waals surface area contributed by atoms with Crippen molar-refractivity contribution in [3.63, 3.8) is 0 Å². The monoisotopic (exact) mass is 457 g/mol. The number of anilines is 1. The minimum absolute atomic E-state index is 0.0606. The Morgan fingerprint density at radius 2 is 1.71 bits per heavy atom. The minimum atomic E-state index is -0.0606. The number of amides is 1. The summed E-state index contributed by atoms with van der Waals surface area (Å²) in [6.45, 7) is 2.29. The molecule has 2 heterocycles. The molecule has 8 heteroatoms. The third-order valence-electron chi connectivity index (χ3n) is 5.44. The Balaban J connectivity index is 1.79. The van der Waals surface area contributed by atoms with E-state index in [1.54, 1.807) is 26.7 Å². The van der Waals surface area contributed by atoms with Gasteiger partial charge in [0.15, 0.2) is 5.75 Å². The molecule has 2 aromatic heterocycles. The van der Waals surface area contributed by atoms with E-state index in [0.29, 0.717) is 18.2 Å². The molecule has 4 aromatic rings. The molecule has 2 aromatic carbocycles. The van der Waals surface area contributed by atoms with E-state index in [1.807, 2.05) is 56.3 Å². The zero-order valence-corrected chi connectivity index (χ0v) is 19.9. The summed E-state index contributed by atoms with van der Waals surface area (Å²) in [6, 6.07) is 13.8. The first-order valence-electron chi connectivity index (χ1n) is 10.8. The first-order chi connectivity index (χ1) is 16.4. The van der Waals surface area contributed by atoms with Gasteiger partial charge in [0.1, 0.15) is 6.33 Å². The summed E-state index contributed by atoms with van der Waals surface area (Å²) in [5.74, 6) is 0.925. The number of carbonyl (C=O) groups is 1. The molecule has 0 spiro atoms. The Hall–Kier alpha value is -4.04. The molecule has 0 aliphatic carbocycles. The summed E-state index contributed by atoms with van der Waals surface area (Å²) in [5, 5.41) is 3.87. The second-order valence-corrected chi connectivity index (χ2v) is 8.18. The molecule has 174 valence electrons. The number of carbonyl (C=O) groups excluding carboxylic acids is 1. The van der Waals surface area contributed by atoms with Crippen LogP contribution in [0.4, 0.5) is 5.69 Å². The molecule has 1 amide bonds. The summed E-state index contributed by atoms with van der Waals surface area (Å²) in [5.41, 5.74) is 6.26. The fraction of sp³-hybridized carbons (Fsp3) is 0.231. The molecule has 0 bridgehead atoms. The molecule has 0 fully saturated rings. The maximum Gasteiger partial charge on any atom is 0.256 e. The highest BCUT2D eigenvalue weighted by molar-refractivity contribution is 5.99. The third-order valence-corrected chi connectivity index (χ3v) is 5.44. The van der Waals surface area contributed by atoms with Gasteiger partial charge >= 0.3 is 0 Å². The molecule has 0 saturated carbocycles. The van der Waals surface area contributed by atoms with Gasteiger partial charge in [-0.1, -0.05) is 12.1 Å². The lowest BCUT2D eigenvalue weighted by atomic mass is 9.95. The number of hydrogen-bond acceptors (Lipinski definition) is 7. The van der Waals surface area contributed by atoms with Gasteiger partial charge in [-0.2, -0.15) is 0 Å². The van der Waals surface area contributed by atoms with Gasteiger partial charge in [-0.05, 0) is 62.5 Å². The highest BCUT2D eigenvalue weighted by Gasteiger charge is 2.14. The van der Waals surface area contributed by atoms with Crippen molar-refractivity contribution in [3.05, 3.63) is 60.7 Å². The van der Waals surface area contributed by atoms with Gasteiger partial charge in [-0.3, -0.25) is 4.79 Å².